The molecule has 1 aromatic heterocycles. The lowest BCUT2D eigenvalue weighted by Gasteiger charge is -2.08. The molecular formula is C15H19N3O2. The minimum absolute atomic E-state index is 0.0245. The molecule has 0 aliphatic rings. The van der Waals surface area contributed by atoms with Crippen LogP contribution in [0.2, 0.25) is 0 Å². The number of hydrogen-bond donors (Lipinski definition) is 2. The summed E-state index contributed by atoms with van der Waals surface area (Å²) in [5, 5.41) is 9.80. The molecule has 106 valence electrons. The topological polar surface area (TPSA) is 67.0 Å². The van der Waals surface area contributed by atoms with Crippen molar-refractivity contribution in [3.63, 3.8) is 0 Å². The quantitative estimate of drug-likeness (QED) is 0.880. The molecule has 1 heterocycles. The Morgan fingerprint density at radius 1 is 1.35 bits per heavy atom. The molecule has 1 aromatic carbocycles. The van der Waals surface area contributed by atoms with Crippen molar-refractivity contribution < 1.29 is 9.53 Å². The van der Waals surface area contributed by atoms with Crippen LogP contribution in [0.1, 0.15) is 23.4 Å². The molecule has 1 amide bonds. The normalized spacial score (nSPS) is 10.3. The maximum absolute atomic E-state index is 12.0. The number of para-hydroxylation sites is 1. The number of hydrogen-bond acceptors (Lipinski definition) is 3. The molecule has 0 saturated carbocycles. The molecule has 0 spiro atoms. The van der Waals surface area contributed by atoms with Gasteiger partial charge < -0.3 is 10.1 Å². The molecule has 0 bridgehead atoms. The van der Waals surface area contributed by atoms with E-state index in [1.54, 1.807) is 7.11 Å². The van der Waals surface area contributed by atoms with Crippen LogP contribution in [0.25, 0.3) is 0 Å². The van der Waals surface area contributed by atoms with E-state index >= 15 is 0 Å². The molecular weight excluding hydrogens is 254 g/mol. The number of methoxy groups -OCH3 is 1. The van der Waals surface area contributed by atoms with Gasteiger partial charge in [0.25, 0.3) is 0 Å². The van der Waals surface area contributed by atoms with Gasteiger partial charge in [-0.05, 0) is 31.9 Å². The van der Waals surface area contributed by atoms with Crippen LogP contribution in [-0.2, 0) is 11.2 Å². The zero-order valence-electron chi connectivity index (χ0n) is 12.0. The monoisotopic (exact) mass is 273 g/mol. The maximum atomic E-state index is 12.0. The number of carbonyl (C=O) groups is 1. The predicted octanol–water partition coefficient (Wildman–Crippen LogP) is 2.61. The van der Waals surface area contributed by atoms with E-state index < -0.39 is 0 Å². The van der Waals surface area contributed by atoms with Crippen LogP contribution < -0.4 is 10.1 Å². The number of H-pyrrole nitrogens is 1. The SMILES string of the molecule is COc1ccccc1CCC(=O)Nc1c(C)n[nH]c1C. The smallest absolute Gasteiger partial charge is 0.224 e. The van der Waals surface area contributed by atoms with Gasteiger partial charge >= 0.3 is 0 Å². The zero-order chi connectivity index (χ0) is 14.5. The number of aryl methyl sites for hydroxylation is 3. The van der Waals surface area contributed by atoms with Crippen LogP contribution in [0.3, 0.4) is 0 Å². The van der Waals surface area contributed by atoms with Gasteiger partial charge in [0, 0.05) is 6.42 Å². The molecule has 2 N–H and O–H groups in total. The fourth-order valence-electron chi connectivity index (χ4n) is 2.09. The third-order valence-electron chi connectivity index (χ3n) is 3.21. The molecule has 0 unspecified atom stereocenters. The lowest BCUT2D eigenvalue weighted by Crippen LogP contribution is -2.13. The Bertz CT molecular complexity index is 585. The van der Waals surface area contributed by atoms with Crippen LogP contribution >= 0.6 is 0 Å². The lowest BCUT2D eigenvalue weighted by molar-refractivity contribution is -0.116. The van der Waals surface area contributed by atoms with Crippen LogP contribution in [0.4, 0.5) is 5.69 Å². The molecule has 0 aliphatic carbocycles. The van der Waals surface area contributed by atoms with E-state index in [1.807, 2.05) is 38.1 Å². The fourth-order valence-corrected chi connectivity index (χ4v) is 2.09. The zero-order valence-corrected chi connectivity index (χ0v) is 12.0. The summed E-state index contributed by atoms with van der Waals surface area (Å²) in [5.41, 5.74) is 3.47. The van der Waals surface area contributed by atoms with E-state index in [-0.39, 0.29) is 5.91 Å². The molecule has 0 saturated heterocycles. The third-order valence-corrected chi connectivity index (χ3v) is 3.21. The highest BCUT2D eigenvalue weighted by Gasteiger charge is 2.11. The number of nitrogens with zero attached hydrogens (tertiary/aromatic N) is 1. The Hall–Kier alpha value is -2.30. The van der Waals surface area contributed by atoms with Crippen LogP contribution in [-0.4, -0.2) is 23.2 Å². The Morgan fingerprint density at radius 2 is 2.10 bits per heavy atom. The summed E-state index contributed by atoms with van der Waals surface area (Å²) in [6.07, 6.45) is 1.05. The van der Waals surface area contributed by atoms with Crippen molar-refractivity contribution in [3.8, 4) is 5.75 Å². The van der Waals surface area contributed by atoms with E-state index in [4.69, 9.17) is 4.74 Å². The van der Waals surface area contributed by atoms with Crippen LogP contribution in [0.5, 0.6) is 5.75 Å². The van der Waals surface area contributed by atoms with Gasteiger partial charge in [0.2, 0.25) is 5.91 Å². The second-order valence-corrected chi connectivity index (χ2v) is 4.67. The fraction of sp³-hybridized carbons (Fsp3) is 0.333. The number of ether oxygens (including phenoxy) is 1. The van der Waals surface area contributed by atoms with Crippen molar-refractivity contribution in [2.45, 2.75) is 26.7 Å². The summed E-state index contributed by atoms with van der Waals surface area (Å²) in [4.78, 5) is 12.0. The van der Waals surface area contributed by atoms with Crippen molar-refractivity contribution in [3.05, 3.63) is 41.2 Å². The second kappa shape index (κ2) is 6.23. The summed E-state index contributed by atoms with van der Waals surface area (Å²) in [6.45, 7) is 3.75. The van der Waals surface area contributed by atoms with Gasteiger partial charge in [0.1, 0.15) is 5.75 Å². The Kier molecular flexibility index (Phi) is 4.40. The molecule has 5 nitrogen and oxygen atoms in total. The van der Waals surface area contributed by atoms with Crippen LogP contribution in [0.15, 0.2) is 24.3 Å². The molecule has 0 fully saturated rings. The standard InChI is InChI=1S/C15H19N3O2/c1-10-15(11(2)18-17-10)16-14(19)9-8-12-6-4-5-7-13(12)20-3/h4-7H,8-9H2,1-3H3,(H,16,19)(H,17,18). The van der Waals surface area contributed by atoms with Gasteiger partial charge in [-0.2, -0.15) is 5.10 Å². The molecule has 2 aromatic rings. The first-order chi connectivity index (χ1) is 9.61. The average Bonchev–Trinajstić information content (AvgIpc) is 2.77. The Morgan fingerprint density at radius 3 is 2.75 bits per heavy atom. The first-order valence-corrected chi connectivity index (χ1v) is 6.55. The number of carbonyl (C=O) groups excluding carboxylic acids is 1. The highest BCUT2D eigenvalue weighted by molar-refractivity contribution is 5.92. The Balaban J connectivity index is 1.96. The van der Waals surface area contributed by atoms with Crippen LogP contribution in [0, 0.1) is 13.8 Å². The molecule has 20 heavy (non-hydrogen) atoms. The number of anilines is 1. The van der Waals surface area contributed by atoms with Crippen molar-refractivity contribution in [1.82, 2.24) is 10.2 Å². The number of aromatic amines is 1. The van der Waals surface area contributed by atoms with Gasteiger partial charge in [-0.15, -0.1) is 0 Å². The number of nitrogens with one attached hydrogen (secondary N) is 2. The van der Waals surface area contributed by atoms with Crippen molar-refractivity contribution in [2.24, 2.45) is 0 Å². The van der Waals surface area contributed by atoms with Gasteiger partial charge in [-0.25, -0.2) is 0 Å². The summed E-state index contributed by atoms with van der Waals surface area (Å²) < 4.78 is 5.28. The summed E-state index contributed by atoms with van der Waals surface area (Å²) in [6, 6.07) is 7.73. The van der Waals surface area contributed by atoms with E-state index in [9.17, 15) is 4.79 Å². The average molecular weight is 273 g/mol. The van der Waals surface area contributed by atoms with Gasteiger partial charge in [0.05, 0.1) is 24.2 Å². The first kappa shape index (κ1) is 14.1. The minimum atomic E-state index is -0.0245. The van der Waals surface area contributed by atoms with Crippen molar-refractivity contribution in [1.29, 1.82) is 0 Å². The molecule has 0 atom stereocenters. The largest absolute Gasteiger partial charge is 0.496 e. The van der Waals surface area contributed by atoms with Gasteiger partial charge in [-0.1, -0.05) is 18.2 Å². The molecule has 0 radical (unpaired) electrons. The number of rotatable bonds is 5. The number of aromatic nitrogens is 2. The maximum Gasteiger partial charge on any atom is 0.224 e. The first-order valence-electron chi connectivity index (χ1n) is 6.55. The Labute approximate surface area is 118 Å². The second-order valence-electron chi connectivity index (χ2n) is 4.67. The minimum Gasteiger partial charge on any atom is -0.496 e. The number of benzene rings is 1. The van der Waals surface area contributed by atoms with E-state index in [0.29, 0.717) is 12.8 Å². The highest BCUT2D eigenvalue weighted by Crippen LogP contribution is 2.20. The third kappa shape index (κ3) is 3.17. The molecule has 0 aliphatic heterocycles. The summed E-state index contributed by atoms with van der Waals surface area (Å²) >= 11 is 0. The van der Waals surface area contributed by atoms with E-state index in [2.05, 4.69) is 15.5 Å². The van der Waals surface area contributed by atoms with Crippen molar-refractivity contribution in [2.75, 3.05) is 12.4 Å². The summed E-state index contributed by atoms with van der Waals surface area (Å²) in [5.74, 6) is 0.791. The summed E-state index contributed by atoms with van der Waals surface area (Å²) in [7, 11) is 1.64. The number of amides is 1. The molecule has 2 rings (SSSR count). The van der Waals surface area contributed by atoms with E-state index in [0.717, 1.165) is 28.4 Å². The highest BCUT2D eigenvalue weighted by atomic mass is 16.5. The lowest BCUT2D eigenvalue weighted by atomic mass is 10.1. The van der Waals surface area contributed by atoms with Gasteiger partial charge in [0.15, 0.2) is 0 Å². The molecule has 5 heteroatoms. The predicted molar refractivity (Wildman–Crippen MR) is 78.0 cm³/mol. The van der Waals surface area contributed by atoms with Gasteiger partial charge in [-0.3, -0.25) is 9.89 Å². The van der Waals surface area contributed by atoms with E-state index in [1.165, 1.54) is 0 Å². The van der Waals surface area contributed by atoms with Crippen molar-refractivity contribution >= 4 is 11.6 Å².